The number of ether oxygens (including phenoxy) is 1. The second kappa shape index (κ2) is 6.63. The van der Waals surface area contributed by atoms with Gasteiger partial charge >= 0.3 is 0 Å². The number of ketones is 1. The highest BCUT2D eigenvalue weighted by Gasteiger charge is 2.20. The van der Waals surface area contributed by atoms with Gasteiger partial charge < -0.3 is 15.8 Å². The predicted octanol–water partition coefficient (Wildman–Crippen LogP) is 3.85. The number of thiophene rings is 1. The van der Waals surface area contributed by atoms with Crippen molar-refractivity contribution in [3.05, 3.63) is 40.3 Å². The Labute approximate surface area is 128 Å². The topological polar surface area (TPSA) is 64.3 Å². The number of nitrogen functional groups attached to an aromatic ring is 1. The van der Waals surface area contributed by atoms with Crippen molar-refractivity contribution in [2.45, 2.75) is 26.8 Å². The molecule has 1 heterocycles. The number of nitrogens with two attached hydrogens (primary N) is 1. The lowest BCUT2D eigenvalue weighted by Gasteiger charge is -2.09. The summed E-state index contributed by atoms with van der Waals surface area (Å²) >= 11 is 1.36. The average molecular weight is 304 g/mol. The van der Waals surface area contributed by atoms with Crippen LogP contribution in [-0.4, -0.2) is 12.9 Å². The molecule has 5 heteroatoms. The van der Waals surface area contributed by atoms with Gasteiger partial charge in [-0.3, -0.25) is 4.79 Å². The molecule has 0 spiro atoms. The fourth-order valence-corrected chi connectivity index (χ4v) is 3.19. The smallest absolute Gasteiger partial charge is 0.176 e. The van der Waals surface area contributed by atoms with Crippen LogP contribution in [-0.2, 0) is 6.54 Å². The first-order valence-electron chi connectivity index (χ1n) is 6.86. The highest BCUT2D eigenvalue weighted by atomic mass is 32.1. The molecule has 0 saturated heterocycles. The van der Waals surface area contributed by atoms with E-state index in [0.717, 1.165) is 5.00 Å². The number of anilines is 2. The minimum atomic E-state index is 0.0414. The molecule has 0 unspecified atom stereocenters. The monoisotopic (exact) mass is 304 g/mol. The van der Waals surface area contributed by atoms with Crippen LogP contribution < -0.4 is 15.8 Å². The van der Waals surface area contributed by atoms with Crippen molar-refractivity contribution in [2.75, 3.05) is 18.2 Å². The van der Waals surface area contributed by atoms with E-state index < -0.39 is 0 Å². The number of rotatable bonds is 6. The average Bonchev–Trinajstić information content (AvgIpc) is 2.81. The van der Waals surface area contributed by atoms with Gasteiger partial charge in [0.05, 0.1) is 17.7 Å². The summed E-state index contributed by atoms with van der Waals surface area (Å²) in [5.74, 6) is 0.602. The largest absolute Gasteiger partial charge is 0.492 e. The minimum Gasteiger partial charge on any atom is -0.492 e. The van der Waals surface area contributed by atoms with Crippen LogP contribution in [0.2, 0.25) is 0 Å². The van der Waals surface area contributed by atoms with Crippen molar-refractivity contribution in [1.82, 2.24) is 0 Å². The van der Waals surface area contributed by atoms with Crippen LogP contribution in [0.25, 0.3) is 0 Å². The van der Waals surface area contributed by atoms with E-state index in [1.807, 2.05) is 19.1 Å². The quantitative estimate of drug-likeness (QED) is 0.796. The zero-order valence-corrected chi connectivity index (χ0v) is 13.3. The standard InChI is InChI=1S/C16H20N2O2S/c1-4-12(19)15-13(17)14(20-3)16(21-15)18-9-11-8-6-5-7-10(11)2/h5-8,18H,4,9,17H2,1-3H3. The first-order valence-corrected chi connectivity index (χ1v) is 7.68. The zero-order chi connectivity index (χ0) is 15.4. The molecule has 0 amide bonds. The van der Waals surface area contributed by atoms with Gasteiger partial charge in [0.1, 0.15) is 5.00 Å². The number of nitrogens with one attached hydrogen (secondary N) is 1. The molecule has 112 valence electrons. The van der Waals surface area contributed by atoms with Crippen LogP contribution >= 0.6 is 11.3 Å². The van der Waals surface area contributed by atoms with Gasteiger partial charge in [-0.25, -0.2) is 0 Å². The molecule has 0 aliphatic carbocycles. The Morgan fingerprint density at radius 1 is 1.38 bits per heavy atom. The van der Waals surface area contributed by atoms with E-state index >= 15 is 0 Å². The molecule has 1 aromatic heterocycles. The van der Waals surface area contributed by atoms with Gasteiger partial charge in [-0.15, -0.1) is 11.3 Å². The zero-order valence-electron chi connectivity index (χ0n) is 12.5. The lowest BCUT2D eigenvalue weighted by atomic mass is 10.1. The minimum absolute atomic E-state index is 0.0414. The number of hydrogen-bond acceptors (Lipinski definition) is 5. The number of hydrogen-bond donors (Lipinski definition) is 2. The Hall–Kier alpha value is -2.01. The summed E-state index contributed by atoms with van der Waals surface area (Å²) < 4.78 is 5.34. The Morgan fingerprint density at radius 2 is 2.10 bits per heavy atom. The lowest BCUT2D eigenvalue weighted by molar-refractivity contribution is 0.0992. The van der Waals surface area contributed by atoms with Crippen LogP contribution in [0.4, 0.5) is 10.7 Å². The van der Waals surface area contributed by atoms with Crippen LogP contribution in [0.15, 0.2) is 24.3 Å². The highest BCUT2D eigenvalue weighted by molar-refractivity contribution is 7.19. The molecule has 0 aliphatic heterocycles. The van der Waals surface area contributed by atoms with E-state index in [4.69, 9.17) is 10.5 Å². The first-order chi connectivity index (χ1) is 10.1. The van der Waals surface area contributed by atoms with Crippen molar-refractivity contribution in [2.24, 2.45) is 0 Å². The van der Waals surface area contributed by atoms with Crippen LogP contribution in [0.5, 0.6) is 5.75 Å². The van der Waals surface area contributed by atoms with E-state index in [-0.39, 0.29) is 5.78 Å². The van der Waals surface area contributed by atoms with Gasteiger partial charge in [0.25, 0.3) is 0 Å². The van der Waals surface area contributed by atoms with E-state index in [0.29, 0.717) is 29.3 Å². The second-order valence-electron chi connectivity index (χ2n) is 4.76. The van der Waals surface area contributed by atoms with Gasteiger partial charge in [0.2, 0.25) is 0 Å². The van der Waals surface area contributed by atoms with Gasteiger partial charge in [-0.05, 0) is 18.1 Å². The molecule has 2 aromatic rings. The van der Waals surface area contributed by atoms with E-state index in [1.54, 1.807) is 7.11 Å². The molecular formula is C16H20N2O2S. The number of carbonyl (C=O) groups is 1. The van der Waals surface area contributed by atoms with E-state index in [9.17, 15) is 4.79 Å². The summed E-state index contributed by atoms with van der Waals surface area (Å²) in [5, 5.41) is 4.12. The van der Waals surface area contributed by atoms with Gasteiger partial charge in [0.15, 0.2) is 11.5 Å². The maximum absolute atomic E-state index is 11.9. The molecule has 4 nitrogen and oxygen atoms in total. The second-order valence-corrected chi connectivity index (χ2v) is 5.78. The predicted molar refractivity (Wildman–Crippen MR) is 88.4 cm³/mol. The molecule has 0 fully saturated rings. The maximum Gasteiger partial charge on any atom is 0.176 e. The molecule has 0 saturated carbocycles. The molecule has 3 N–H and O–H groups in total. The van der Waals surface area contributed by atoms with Gasteiger partial charge in [-0.1, -0.05) is 31.2 Å². The number of methoxy groups -OCH3 is 1. The Balaban J connectivity index is 2.24. The maximum atomic E-state index is 11.9. The van der Waals surface area contributed by atoms with E-state index in [2.05, 4.69) is 24.4 Å². The summed E-state index contributed by atoms with van der Waals surface area (Å²) in [4.78, 5) is 12.5. The van der Waals surface area contributed by atoms with Crippen LogP contribution in [0, 0.1) is 6.92 Å². The van der Waals surface area contributed by atoms with Crippen molar-refractivity contribution in [3.8, 4) is 5.75 Å². The SMILES string of the molecule is CCC(=O)c1sc(NCc2ccccc2C)c(OC)c1N. The van der Waals surface area contributed by atoms with E-state index in [1.165, 1.54) is 22.5 Å². The Morgan fingerprint density at radius 3 is 2.71 bits per heavy atom. The van der Waals surface area contributed by atoms with Crippen molar-refractivity contribution in [3.63, 3.8) is 0 Å². The van der Waals surface area contributed by atoms with Crippen molar-refractivity contribution in [1.29, 1.82) is 0 Å². The van der Waals surface area contributed by atoms with Gasteiger partial charge in [0, 0.05) is 13.0 Å². The molecule has 21 heavy (non-hydrogen) atoms. The summed E-state index contributed by atoms with van der Waals surface area (Å²) in [6.45, 7) is 4.57. The number of carbonyl (C=O) groups excluding carboxylic acids is 1. The summed E-state index contributed by atoms with van der Waals surface area (Å²) in [6, 6.07) is 8.17. The number of benzene rings is 1. The van der Waals surface area contributed by atoms with Gasteiger partial charge in [-0.2, -0.15) is 0 Å². The number of aryl methyl sites for hydroxylation is 1. The van der Waals surface area contributed by atoms with Crippen LogP contribution in [0.3, 0.4) is 0 Å². The normalized spacial score (nSPS) is 10.4. The number of Topliss-reactive ketones (excluding diaryl/α,β-unsaturated/α-hetero) is 1. The molecule has 0 bridgehead atoms. The van der Waals surface area contributed by atoms with Crippen molar-refractivity contribution < 1.29 is 9.53 Å². The lowest BCUT2D eigenvalue weighted by Crippen LogP contribution is -2.01. The molecular weight excluding hydrogens is 284 g/mol. The summed E-state index contributed by atoms with van der Waals surface area (Å²) in [5.41, 5.74) is 8.87. The molecule has 0 aliphatic rings. The molecule has 1 aromatic carbocycles. The highest BCUT2D eigenvalue weighted by Crippen LogP contribution is 2.43. The van der Waals surface area contributed by atoms with Crippen LogP contribution in [0.1, 0.15) is 34.1 Å². The third-order valence-corrected chi connectivity index (χ3v) is 4.56. The van der Waals surface area contributed by atoms with Crippen molar-refractivity contribution >= 4 is 27.8 Å². The Kier molecular flexibility index (Phi) is 4.85. The molecule has 0 atom stereocenters. The molecule has 2 rings (SSSR count). The fourth-order valence-electron chi connectivity index (χ4n) is 2.10. The first kappa shape index (κ1) is 15.4. The fraction of sp³-hybridized carbons (Fsp3) is 0.312. The third-order valence-electron chi connectivity index (χ3n) is 3.38. The molecule has 0 radical (unpaired) electrons. The Bertz CT molecular complexity index is 650. The summed E-state index contributed by atoms with van der Waals surface area (Å²) in [7, 11) is 1.57. The summed E-state index contributed by atoms with van der Waals surface area (Å²) in [6.07, 6.45) is 0.436. The third kappa shape index (κ3) is 3.19.